The zero-order valence-corrected chi connectivity index (χ0v) is 14.0. The second kappa shape index (κ2) is 7.38. The van der Waals surface area contributed by atoms with Gasteiger partial charge >= 0.3 is 12.1 Å². The summed E-state index contributed by atoms with van der Waals surface area (Å²) >= 11 is 0. The van der Waals surface area contributed by atoms with Crippen molar-refractivity contribution in [2.45, 2.75) is 25.1 Å². The molecule has 142 valence electrons. The lowest BCUT2D eigenvalue weighted by Crippen LogP contribution is -2.38. The number of benzene rings is 2. The number of carbonyl (C=O) groups is 2. The summed E-state index contributed by atoms with van der Waals surface area (Å²) in [6, 6.07) is 7.70. The molecule has 0 aliphatic carbocycles. The Labute approximate surface area is 152 Å². The molecule has 0 radical (unpaired) electrons. The SMILES string of the molecule is O=C(Cc1ccc(-c2ccccc2C(F)(F)F)cc1F)N[C@@H]1CCOC1=O. The number of cyclic esters (lactones) is 1. The van der Waals surface area contributed by atoms with Crippen molar-refractivity contribution < 1.29 is 31.9 Å². The Morgan fingerprint density at radius 3 is 2.56 bits per heavy atom. The molecule has 0 aromatic heterocycles. The molecule has 1 N–H and O–H groups in total. The first-order chi connectivity index (χ1) is 12.8. The first-order valence-electron chi connectivity index (χ1n) is 8.17. The van der Waals surface area contributed by atoms with Gasteiger partial charge in [0.1, 0.15) is 11.9 Å². The number of alkyl halides is 3. The molecular weight excluding hydrogens is 366 g/mol. The number of halogens is 4. The van der Waals surface area contributed by atoms with Crippen molar-refractivity contribution >= 4 is 11.9 Å². The fourth-order valence-corrected chi connectivity index (χ4v) is 2.89. The maximum atomic E-state index is 14.4. The number of amides is 1. The molecule has 2 aromatic carbocycles. The maximum absolute atomic E-state index is 14.4. The zero-order valence-electron chi connectivity index (χ0n) is 14.0. The zero-order chi connectivity index (χ0) is 19.6. The normalized spacial score (nSPS) is 16.9. The number of ether oxygens (including phenoxy) is 1. The largest absolute Gasteiger partial charge is 0.464 e. The van der Waals surface area contributed by atoms with E-state index in [4.69, 9.17) is 4.74 Å². The lowest BCUT2D eigenvalue weighted by Gasteiger charge is -2.14. The molecule has 1 heterocycles. The molecule has 0 bridgehead atoms. The van der Waals surface area contributed by atoms with Gasteiger partial charge in [-0.05, 0) is 28.8 Å². The predicted molar refractivity (Wildman–Crippen MR) is 88.0 cm³/mol. The molecule has 1 atom stereocenters. The van der Waals surface area contributed by atoms with Gasteiger partial charge in [0, 0.05) is 6.42 Å². The van der Waals surface area contributed by atoms with Crippen LogP contribution >= 0.6 is 0 Å². The van der Waals surface area contributed by atoms with Gasteiger partial charge in [-0.3, -0.25) is 4.79 Å². The second-order valence-corrected chi connectivity index (χ2v) is 6.10. The summed E-state index contributed by atoms with van der Waals surface area (Å²) in [6.45, 7) is 0.214. The Hall–Kier alpha value is -2.90. The van der Waals surface area contributed by atoms with Crippen molar-refractivity contribution in [3.05, 3.63) is 59.4 Å². The first-order valence-corrected chi connectivity index (χ1v) is 8.17. The Kier molecular flexibility index (Phi) is 5.16. The van der Waals surface area contributed by atoms with E-state index in [1.54, 1.807) is 0 Å². The molecule has 2 aromatic rings. The van der Waals surface area contributed by atoms with Crippen LogP contribution in [0, 0.1) is 5.82 Å². The van der Waals surface area contributed by atoms with E-state index in [1.165, 1.54) is 30.3 Å². The highest BCUT2D eigenvalue weighted by Crippen LogP contribution is 2.37. The Bertz CT molecular complexity index is 879. The highest BCUT2D eigenvalue weighted by atomic mass is 19.4. The first kappa shape index (κ1) is 18.9. The summed E-state index contributed by atoms with van der Waals surface area (Å²) in [5.74, 6) is -1.90. The van der Waals surface area contributed by atoms with Gasteiger partial charge in [-0.1, -0.05) is 30.3 Å². The summed E-state index contributed by atoms with van der Waals surface area (Å²) in [6.07, 6.45) is -4.56. The monoisotopic (exact) mass is 381 g/mol. The number of nitrogens with one attached hydrogen (secondary N) is 1. The van der Waals surface area contributed by atoms with Crippen LogP contribution < -0.4 is 5.32 Å². The van der Waals surface area contributed by atoms with Gasteiger partial charge in [-0.25, -0.2) is 9.18 Å². The van der Waals surface area contributed by atoms with E-state index < -0.39 is 35.5 Å². The van der Waals surface area contributed by atoms with Crippen molar-refractivity contribution in [3.63, 3.8) is 0 Å². The topological polar surface area (TPSA) is 55.4 Å². The van der Waals surface area contributed by atoms with E-state index in [0.29, 0.717) is 6.42 Å². The summed E-state index contributed by atoms with van der Waals surface area (Å²) in [7, 11) is 0. The second-order valence-electron chi connectivity index (χ2n) is 6.10. The van der Waals surface area contributed by atoms with Gasteiger partial charge in [0.05, 0.1) is 18.6 Å². The van der Waals surface area contributed by atoms with Crippen molar-refractivity contribution in [1.82, 2.24) is 5.32 Å². The lowest BCUT2D eigenvalue weighted by molar-refractivity contribution is -0.141. The molecule has 1 aliphatic rings. The average molecular weight is 381 g/mol. The summed E-state index contributed by atoms with van der Waals surface area (Å²) in [4.78, 5) is 23.3. The van der Waals surface area contributed by atoms with Crippen LogP contribution in [0.1, 0.15) is 17.5 Å². The minimum atomic E-state index is -4.57. The summed E-state index contributed by atoms with van der Waals surface area (Å²) in [5, 5.41) is 2.45. The third-order valence-corrected chi connectivity index (χ3v) is 4.22. The van der Waals surface area contributed by atoms with E-state index in [-0.39, 0.29) is 29.7 Å². The molecule has 4 nitrogen and oxygen atoms in total. The Balaban J connectivity index is 1.79. The van der Waals surface area contributed by atoms with Crippen molar-refractivity contribution in [2.75, 3.05) is 6.61 Å². The van der Waals surface area contributed by atoms with E-state index in [1.807, 2.05) is 0 Å². The van der Waals surface area contributed by atoms with Crippen LogP contribution in [-0.4, -0.2) is 24.5 Å². The summed E-state index contributed by atoms with van der Waals surface area (Å²) in [5.41, 5.74) is -0.931. The van der Waals surface area contributed by atoms with Crippen LogP contribution in [0.2, 0.25) is 0 Å². The van der Waals surface area contributed by atoms with Gasteiger partial charge in [0.2, 0.25) is 5.91 Å². The van der Waals surface area contributed by atoms with Crippen molar-refractivity contribution in [1.29, 1.82) is 0 Å². The molecule has 8 heteroatoms. The smallest absolute Gasteiger partial charge is 0.417 e. The molecule has 27 heavy (non-hydrogen) atoms. The molecule has 3 rings (SSSR count). The Morgan fingerprint density at radius 1 is 1.19 bits per heavy atom. The molecule has 0 unspecified atom stereocenters. The molecular formula is C19H15F4NO3. The van der Waals surface area contributed by atoms with E-state index in [9.17, 15) is 27.2 Å². The van der Waals surface area contributed by atoms with Crippen LogP contribution in [0.15, 0.2) is 42.5 Å². The number of carbonyl (C=O) groups excluding carboxylic acids is 2. The van der Waals surface area contributed by atoms with Crippen molar-refractivity contribution in [3.8, 4) is 11.1 Å². The van der Waals surface area contributed by atoms with Gasteiger partial charge in [0.25, 0.3) is 0 Å². The van der Waals surface area contributed by atoms with Gasteiger partial charge in [0.15, 0.2) is 0 Å². The maximum Gasteiger partial charge on any atom is 0.417 e. The Morgan fingerprint density at radius 2 is 1.93 bits per heavy atom. The van der Waals surface area contributed by atoms with Crippen molar-refractivity contribution in [2.24, 2.45) is 0 Å². The number of esters is 1. The van der Waals surface area contributed by atoms with E-state index in [0.717, 1.165) is 12.1 Å². The quantitative estimate of drug-likeness (QED) is 0.652. The lowest BCUT2D eigenvalue weighted by atomic mass is 9.97. The molecule has 1 saturated heterocycles. The third-order valence-electron chi connectivity index (χ3n) is 4.22. The van der Waals surface area contributed by atoms with E-state index >= 15 is 0 Å². The average Bonchev–Trinajstić information content (AvgIpc) is 3.00. The van der Waals surface area contributed by atoms with Gasteiger partial charge < -0.3 is 10.1 Å². The highest BCUT2D eigenvalue weighted by Gasteiger charge is 2.33. The summed E-state index contributed by atoms with van der Waals surface area (Å²) < 4.78 is 58.5. The number of rotatable bonds is 4. The van der Waals surface area contributed by atoms with Crippen LogP contribution in [0.3, 0.4) is 0 Å². The predicted octanol–water partition coefficient (Wildman–Crippen LogP) is 3.49. The fraction of sp³-hybridized carbons (Fsp3) is 0.263. The number of hydrogen-bond donors (Lipinski definition) is 1. The van der Waals surface area contributed by atoms with Crippen LogP contribution in [0.4, 0.5) is 17.6 Å². The van der Waals surface area contributed by atoms with Crippen LogP contribution in [0.25, 0.3) is 11.1 Å². The molecule has 1 amide bonds. The van der Waals surface area contributed by atoms with Crippen LogP contribution in [0.5, 0.6) is 0 Å². The minimum absolute atomic E-state index is 0.0205. The van der Waals surface area contributed by atoms with Gasteiger partial charge in [-0.2, -0.15) is 13.2 Å². The van der Waals surface area contributed by atoms with E-state index in [2.05, 4.69) is 5.32 Å². The van der Waals surface area contributed by atoms with Crippen LogP contribution in [-0.2, 0) is 26.9 Å². The number of hydrogen-bond acceptors (Lipinski definition) is 3. The standard InChI is InChI=1S/C19H15F4NO3/c20-15-9-11(13-3-1-2-4-14(13)19(21,22)23)5-6-12(15)10-17(25)24-16-7-8-27-18(16)26/h1-6,9,16H,7-8,10H2,(H,24,25)/t16-/m1/s1. The fourth-order valence-electron chi connectivity index (χ4n) is 2.89. The van der Waals surface area contributed by atoms with Gasteiger partial charge in [-0.15, -0.1) is 0 Å². The third kappa shape index (κ3) is 4.27. The highest BCUT2D eigenvalue weighted by molar-refractivity contribution is 5.86. The molecule has 0 saturated carbocycles. The molecule has 0 spiro atoms. The minimum Gasteiger partial charge on any atom is -0.464 e. The molecule has 1 aliphatic heterocycles. The molecule has 1 fully saturated rings.